The van der Waals surface area contributed by atoms with Gasteiger partial charge in [0.05, 0.1) is 0 Å². The van der Waals surface area contributed by atoms with Crippen molar-refractivity contribution in [1.82, 2.24) is 20.1 Å². The third kappa shape index (κ3) is 2.69. The van der Waals surface area contributed by atoms with Crippen molar-refractivity contribution < 1.29 is 4.79 Å². The molecule has 1 aliphatic heterocycles. The fraction of sp³-hybridized carbons (Fsp3) is 0.643. The summed E-state index contributed by atoms with van der Waals surface area (Å²) < 4.78 is 0. The highest BCUT2D eigenvalue weighted by atomic mass is 16.2. The van der Waals surface area contributed by atoms with E-state index in [-0.39, 0.29) is 17.5 Å². The Labute approximate surface area is 117 Å². The van der Waals surface area contributed by atoms with Crippen LogP contribution in [0.2, 0.25) is 0 Å². The standard InChI is InChI=1S/C14H20N4O2/c1-9-5-10(6-9)7-12(19)18-4-2-3-11(8-18)13-15-14(20)17-16-13/h10-11H,1-8H2,(H2,15,16,17,20). The number of aromatic amines is 2. The first-order chi connectivity index (χ1) is 9.61. The first kappa shape index (κ1) is 13.1. The van der Waals surface area contributed by atoms with Gasteiger partial charge in [0.2, 0.25) is 5.91 Å². The van der Waals surface area contributed by atoms with Crippen LogP contribution in [0.3, 0.4) is 0 Å². The van der Waals surface area contributed by atoms with E-state index in [1.54, 1.807) is 0 Å². The second-order valence-corrected chi connectivity index (χ2v) is 5.97. The van der Waals surface area contributed by atoms with Gasteiger partial charge in [0.1, 0.15) is 5.82 Å². The summed E-state index contributed by atoms with van der Waals surface area (Å²) in [5, 5.41) is 6.38. The normalized spacial score (nSPS) is 23.7. The minimum absolute atomic E-state index is 0.142. The van der Waals surface area contributed by atoms with Crippen LogP contribution in [0.25, 0.3) is 0 Å². The summed E-state index contributed by atoms with van der Waals surface area (Å²) in [5.41, 5.74) is 0.977. The van der Waals surface area contributed by atoms with Gasteiger partial charge in [-0.05, 0) is 31.6 Å². The summed E-state index contributed by atoms with van der Waals surface area (Å²) in [6.07, 6.45) is 4.54. The van der Waals surface area contributed by atoms with Gasteiger partial charge in [-0.3, -0.25) is 9.78 Å². The summed E-state index contributed by atoms with van der Waals surface area (Å²) in [5.74, 6) is 1.53. The average Bonchev–Trinajstić information content (AvgIpc) is 2.84. The van der Waals surface area contributed by atoms with Crippen LogP contribution in [-0.4, -0.2) is 39.1 Å². The van der Waals surface area contributed by atoms with Crippen molar-refractivity contribution in [2.45, 2.75) is 38.0 Å². The number of likely N-dealkylation sites (tertiary alicyclic amines) is 1. The molecule has 2 fully saturated rings. The van der Waals surface area contributed by atoms with Crippen molar-refractivity contribution in [3.05, 3.63) is 28.5 Å². The summed E-state index contributed by atoms with van der Waals surface area (Å²) in [4.78, 5) is 28.0. The first-order valence-corrected chi connectivity index (χ1v) is 7.21. The number of H-pyrrole nitrogens is 2. The van der Waals surface area contributed by atoms with Crippen molar-refractivity contribution in [1.29, 1.82) is 0 Å². The Morgan fingerprint density at radius 3 is 2.90 bits per heavy atom. The third-order valence-corrected chi connectivity index (χ3v) is 4.30. The molecular weight excluding hydrogens is 256 g/mol. The Balaban J connectivity index is 1.58. The van der Waals surface area contributed by atoms with Crippen molar-refractivity contribution in [3.63, 3.8) is 0 Å². The molecule has 1 atom stereocenters. The number of nitrogens with one attached hydrogen (secondary N) is 2. The van der Waals surface area contributed by atoms with E-state index in [1.165, 1.54) is 5.57 Å². The minimum atomic E-state index is -0.281. The Bertz CT molecular complexity index is 566. The van der Waals surface area contributed by atoms with E-state index in [9.17, 15) is 9.59 Å². The van der Waals surface area contributed by atoms with Gasteiger partial charge in [-0.15, -0.1) is 0 Å². The van der Waals surface area contributed by atoms with Crippen LogP contribution < -0.4 is 5.69 Å². The molecule has 3 rings (SSSR count). The van der Waals surface area contributed by atoms with Crippen LogP contribution in [0.15, 0.2) is 16.9 Å². The van der Waals surface area contributed by atoms with E-state index in [0.717, 1.165) is 32.2 Å². The lowest BCUT2D eigenvalue weighted by Gasteiger charge is -2.34. The van der Waals surface area contributed by atoms with Gasteiger partial charge in [-0.2, -0.15) is 5.10 Å². The Morgan fingerprint density at radius 1 is 1.45 bits per heavy atom. The van der Waals surface area contributed by atoms with Crippen LogP contribution in [0, 0.1) is 5.92 Å². The zero-order valence-electron chi connectivity index (χ0n) is 11.5. The molecule has 1 aromatic rings. The highest BCUT2D eigenvalue weighted by Crippen LogP contribution is 2.35. The highest BCUT2D eigenvalue weighted by Gasteiger charge is 2.30. The topological polar surface area (TPSA) is 81.8 Å². The van der Waals surface area contributed by atoms with E-state index in [2.05, 4.69) is 21.8 Å². The average molecular weight is 276 g/mol. The predicted octanol–water partition coefficient (Wildman–Crippen LogP) is 1.16. The number of hydrogen-bond donors (Lipinski definition) is 2. The van der Waals surface area contributed by atoms with Gasteiger partial charge in [-0.1, -0.05) is 12.2 Å². The molecule has 1 aliphatic carbocycles. The number of aromatic nitrogens is 3. The molecule has 2 N–H and O–H groups in total. The van der Waals surface area contributed by atoms with E-state index >= 15 is 0 Å². The zero-order chi connectivity index (χ0) is 14.1. The molecule has 0 radical (unpaired) electrons. The minimum Gasteiger partial charge on any atom is -0.342 e. The molecule has 1 saturated carbocycles. The zero-order valence-corrected chi connectivity index (χ0v) is 11.5. The van der Waals surface area contributed by atoms with E-state index < -0.39 is 0 Å². The Hall–Kier alpha value is -1.85. The molecule has 1 saturated heterocycles. The SMILES string of the molecule is C=C1CC(CC(=O)N2CCCC(c3n[nH]c(=O)[nH]3)C2)C1. The summed E-state index contributed by atoms with van der Waals surface area (Å²) in [6, 6.07) is 0. The molecule has 20 heavy (non-hydrogen) atoms. The van der Waals surface area contributed by atoms with Crippen molar-refractivity contribution in [2.24, 2.45) is 5.92 Å². The Morgan fingerprint density at radius 2 is 2.25 bits per heavy atom. The molecule has 0 bridgehead atoms. The van der Waals surface area contributed by atoms with Crippen LogP contribution in [-0.2, 0) is 4.79 Å². The molecule has 6 nitrogen and oxygen atoms in total. The van der Waals surface area contributed by atoms with Gasteiger partial charge in [0, 0.05) is 25.4 Å². The number of nitrogens with zero attached hydrogens (tertiary/aromatic N) is 2. The number of allylic oxidation sites excluding steroid dienone is 1. The molecule has 6 heteroatoms. The maximum atomic E-state index is 12.3. The van der Waals surface area contributed by atoms with Gasteiger partial charge in [0.15, 0.2) is 0 Å². The molecular formula is C14H20N4O2. The lowest BCUT2D eigenvalue weighted by atomic mass is 9.78. The molecule has 2 aliphatic rings. The summed E-state index contributed by atoms with van der Waals surface area (Å²) >= 11 is 0. The van der Waals surface area contributed by atoms with Gasteiger partial charge in [0.25, 0.3) is 0 Å². The maximum Gasteiger partial charge on any atom is 0.340 e. The fourth-order valence-electron chi connectivity index (χ4n) is 3.18. The number of amides is 1. The second kappa shape index (κ2) is 5.26. The molecule has 1 aromatic heterocycles. The van der Waals surface area contributed by atoms with Crippen LogP contribution >= 0.6 is 0 Å². The molecule has 2 heterocycles. The van der Waals surface area contributed by atoms with Crippen LogP contribution in [0.5, 0.6) is 0 Å². The van der Waals surface area contributed by atoms with Crippen LogP contribution in [0.1, 0.15) is 43.8 Å². The van der Waals surface area contributed by atoms with Gasteiger partial charge >= 0.3 is 5.69 Å². The molecule has 1 unspecified atom stereocenters. The van der Waals surface area contributed by atoms with Crippen molar-refractivity contribution >= 4 is 5.91 Å². The molecule has 1 amide bonds. The van der Waals surface area contributed by atoms with Crippen LogP contribution in [0.4, 0.5) is 0 Å². The maximum absolute atomic E-state index is 12.3. The molecule has 0 aromatic carbocycles. The number of piperidine rings is 1. The van der Waals surface area contributed by atoms with E-state index in [0.29, 0.717) is 24.7 Å². The smallest absolute Gasteiger partial charge is 0.340 e. The fourth-order valence-corrected chi connectivity index (χ4v) is 3.18. The lowest BCUT2D eigenvalue weighted by Crippen LogP contribution is -2.40. The quantitative estimate of drug-likeness (QED) is 0.813. The first-order valence-electron chi connectivity index (χ1n) is 7.21. The third-order valence-electron chi connectivity index (χ3n) is 4.30. The van der Waals surface area contributed by atoms with Crippen molar-refractivity contribution in [2.75, 3.05) is 13.1 Å². The number of rotatable bonds is 3. The summed E-state index contributed by atoms with van der Waals surface area (Å²) in [6.45, 7) is 5.39. The monoisotopic (exact) mass is 276 g/mol. The number of carbonyl (C=O) groups is 1. The number of hydrogen-bond acceptors (Lipinski definition) is 3. The van der Waals surface area contributed by atoms with Gasteiger partial charge < -0.3 is 4.90 Å². The Kier molecular flexibility index (Phi) is 3.46. The van der Waals surface area contributed by atoms with Gasteiger partial charge in [-0.25, -0.2) is 9.89 Å². The molecule has 108 valence electrons. The summed E-state index contributed by atoms with van der Waals surface area (Å²) in [7, 11) is 0. The highest BCUT2D eigenvalue weighted by molar-refractivity contribution is 5.77. The van der Waals surface area contributed by atoms with E-state index in [4.69, 9.17) is 0 Å². The molecule has 0 spiro atoms. The largest absolute Gasteiger partial charge is 0.342 e. The predicted molar refractivity (Wildman–Crippen MR) is 74.2 cm³/mol. The second-order valence-electron chi connectivity index (χ2n) is 5.97. The lowest BCUT2D eigenvalue weighted by molar-refractivity contribution is -0.133. The number of carbonyl (C=O) groups excluding carboxylic acids is 1. The van der Waals surface area contributed by atoms with Crippen molar-refractivity contribution in [3.8, 4) is 0 Å². The van der Waals surface area contributed by atoms with E-state index in [1.807, 2.05) is 4.90 Å².